The Kier molecular flexibility index (Phi) is 8.68. The predicted octanol–water partition coefficient (Wildman–Crippen LogP) is 3.75. The number of rotatable bonds is 11. The quantitative estimate of drug-likeness (QED) is 0.580. The lowest BCUT2D eigenvalue weighted by atomic mass is 10.1. The van der Waals surface area contributed by atoms with E-state index in [0.29, 0.717) is 19.0 Å². The van der Waals surface area contributed by atoms with Gasteiger partial charge in [0.05, 0.1) is 12.3 Å². The second-order valence-corrected chi connectivity index (χ2v) is 6.71. The predicted molar refractivity (Wildman–Crippen MR) is 110 cm³/mol. The third-order valence-electron chi connectivity index (χ3n) is 4.41. The summed E-state index contributed by atoms with van der Waals surface area (Å²) in [4.78, 5) is 12.6. The lowest BCUT2D eigenvalue weighted by molar-refractivity contribution is -0.122. The van der Waals surface area contributed by atoms with Gasteiger partial charge in [0.2, 0.25) is 11.8 Å². The normalized spacial score (nSPS) is 16.5. The maximum atomic E-state index is 12.6. The van der Waals surface area contributed by atoms with Crippen LogP contribution in [0, 0.1) is 5.92 Å². The van der Waals surface area contributed by atoms with E-state index in [1.54, 1.807) is 11.1 Å². The zero-order chi connectivity index (χ0) is 19.5. The van der Waals surface area contributed by atoms with Crippen LogP contribution in [0.2, 0.25) is 0 Å². The molecule has 0 aliphatic carbocycles. The molecule has 1 aliphatic heterocycles. The Hall–Kier alpha value is -2.50. The fourth-order valence-corrected chi connectivity index (χ4v) is 2.79. The summed E-state index contributed by atoms with van der Waals surface area (Å²) in [5.41, 5.74) is 6.97. The van der Waals surface area contributed by atoms with Gasteiger partial charge in [0.15, 0.2) is 0 Å². The molecule has 2 rings (SSSR count). The Balaban J connectivity index is 2.08. The van der Waals surface area contributed by atoms with Crippen molar-refractivity contribution in [1.82, 2.24) is 5.32 Å². The first-order valence-corrected chi connectivity index (χ1v) is 9.98. The van der Waals surface area contributed by atoms with E-state index in [1.165, 1.54) is 12.8 Å². The monoisotopic (exact) mass is 372 g/mol. The number of hydrogen-bond acceptors (Lipinski definition) is 5. The van der Waals surface area contributed by atoms with Gasteiger partial charge in [0.1, 0.15) is 11.8 Å². The summed E-state index contributed by atoms with van der Waals surface area (Å²) in [6, 6.07) is 9.67. The van der Waals surface area contributed by atoms with Crippen molar-refractivity contribution < 1.29 is 9.53 Å². The SMILES string of the molecule is CCCCCCNC(=O)C1C=C(OCCCC)N(c2ccccc2)N=C1N. The van der Waals surface area contributed by atoms with E-state index in [4.69, 9.17) is 10.5 Å². The molecule has 0 saturated heterocycles. The highest BCUT2D eigenvalue weighted by Gasteiger charge is 2.29. The first-order chi connectivity index (χ1) is 13.2. The second kappa shape index (κ2) is 11.3. The van der Waals surface area contributed by atoms with Crippen LogP contribution < -0.4 is 16.1 Å². The molecule has 0 fully saturated rings. The molecule has 6 nitrogen and oxygen atoms in total. The molecule has 1 aliphatic rings. The van der Waals surface area contributed by atoms with Crippen molar-refractivity contribution in [1.29, 1.82) is 0 Å². The Morgan fingerprint density at radius 2 is 1.89 bits per heavy atom. The molecular weight excluding hydrogens is 340 g/mol. The van der Waals surface area contributed by atoms with Crippen LogP contribution in [-0.2, 0) is 9.53 Å². The summed E-state index contributed by atoms with van der Waals surface area (Å²) in [5.74, 6) is 0.0903. The minimum atomic E-state index is -0.604. The molecular formula is C21H32N4O2. The van der Waals surface area contributed by atoms with Crippen molar-refractivity contribution in [3.8, 4) is 0 Å². The number of anilines is 1. The van der Waals surface area contributed by atoms with E-state index in [1.807, 2.05) is 30.3 Å². The first-order valence-electron chi connectivity index (χ1n) is 9.98. The van der Waals surface area contributed by atoms with Crippen molar-refractivity contribution in [2.75, 3.05) is 18.2 Å². The largest absolute Gasteiger partial charge is 0.478 e. The van der Waals surface area contributed by atoms with Crippen LogP contribution >= 0.6 is 0 Å². The molecule has 27 heavy (non-hydrogen) atoms. The zero-order valence-electron chi connectivity index (χ0n) is 16.5. The number of carbonyl (C=O) groups is 1. The molecule has 1 unspecified atom stereocenters. The number of benzene rings is 1. The fraction of sp³-hybridized carbons (Fsp3) is 0.524. The van der Waals surface area contributed by atoms with Crippen LogP contribution in [-0.4, -0.2) is 24.9 Å². The van der Waals surface area contributed by atoms with Crippen molar-refractivity contribution in [3.63, 3.8) is 0 Å². The third-order valence-corrected chi connectivity index (χ3v) is 4.41. The molecule has 1 atom stereocenters. The molecule has 1 aromatic rings. The van der Waals surface area contributed by atoms with Crippen LogP contribution in [0.15, 0.2) is 47.4 Å². The van der Waals surface area contributed by atoms with Gasteiger partial charge in [-0.3, -0.25) is 4.79 Å². The summed E-state index contributed by atoms with van der Waals surface area (Å²) in [6.45, 7) is 5.51. The summed E-state index contributed by atoms with van der Waals surface area (Å²) in [7, 11) is 0. The van der Waals surface area contributed by atoms with Crippen LogP contribution in [0.4, 0.5) is 5.69 Å². The summed E-state index contributed by atoms with van der Waals surface area (Å²) in [6.07, 6.45) is 8.19. The topological polar surface area (TPSA) is 80.0 Å². The molecule has 6 heteroatoms. The minimum absolute atomic E-state index is 0.128. The molecule has 0 aromatic heterocycles. The maximum absolute atomic E-state index is 12.6. The van der Waals surface area contributed by atoms with Crippen LogP contribution in [0.3, 0.4) is 0 Å². The van der Waals surface area contributed by atoms with Crippen LogP contribution in [0.1, 0.15) is 52.4 Å². The number of carbonyl (C=O) groups excluding carboxylic acids is 1. The van der Waals surface area contributed by atoms with E-state index < -0.39 is 5.92 Å². The Labute approximate surface area is 162 Å². The van der Waals surface area contributed by atoms with Gasteiger partial charge in [-0.05, 0) is 31.1 Å². The third kappa shape index (κ3) is 6.31. The minimum Gasteiger partial charge on any atom is -0.478 e. The summed E-state index contributed by atoms with van der Waals surface area (Å²) in [5, 5.41) is 9.07. The highest BCUT2D eigenvalue weighted by Crippen LogP contribution is 2.25. The highest BCUT2D eigenvalue weighted by molar-refractivity contribution is 6.05. The molecule has 0 radical (unpaired) electrons. The fourth-order valence-electron chi connectivity index (χ4n) is 2.79. The van der Waals surface area contributed by atoms with E-state index in [9.17, 15) is 4.79 Å². The van der Waals surface area contributed by atoms with Gasteiger partial charge in [-0.1, -0.05) is 57.7 Å². The first kappa shape index (κ1) is 20.8. The highest BCUT2D eigenvalue weighted by atomic mass is 16.5. The number of para-hydroxylation sites is 1. The lowest BCUT2D eigenvalue weighted by Gasteiger charge is -2.28. The van der Waals surface area contributed by atoms with E-state index >= 15 is 0 Å². The summed E-state index contributed by atoms with van der Waals surface area (Å²) < 4.78 is 5.92. The molecule has 1 aromatic carbocycles. The van der Waals surface area contributed by atoms with Crippen molar-refractivity contribution in [3.05, 3.63) is 42.3 Å². The molecule has 0 saturated carbocycles. The number of amidine groups is 1. The molecule has 3 N–H and O–H groups in total. The second-order valence-electron chi connectivity index (χ2n) is 6.71. The summed E-state index contributed by atoms with van der Waals surface area (Å²) >= 11 is 0. The molecule has 1 heterocycles. The average molecular weight is 373 g/mol. The molecule has 0 bridgehead atoms. The molecule has 148 valence electrons. The van der Waals surface area contributed by atoms with Gasteiger partial charge < -0.3 is 15.8 Å². The van der Waals surface area contributed by atoms with E-state index in [2.05, 4.69) is 24.3 Å². The number of nitrogens with zero attached hydrogens (tertiary/aromatic N) is 2. The average Bonchev–Trinajstić information content (AvgIpc) is 2.69. The Morgan fingerprint density at radius 3 is 2.59 bits per heavy atom. The van der Waals surface area contributed by atoms with Gasteiger partial charge in [-0.25, -0.2) is 0 Å². The number of nitrogens with one attached hydrogen (secondary N) is 1. The number of ether oxygens (including phenoxy) is 1. The molecule has 0 spiro atoms. The van der Waals surface area contributed by atoms with Gasteiger partial charge in [0, 0.05) is 6.54 Å². The van der Waals surface area contributed by atoms with E-state index in [-0.39, 0.29) is 11.7 Å². The van der Waals surface area contributed by atoms with Gasteiger partial charge in [-0.2, -0.15) is 10.1 Å². The van der Waals surface area contributed by atoms with Gasteiger partial charge >= 0.3 is 0 Å². The maximum Gasteiger partial charge on any atom is 0.234 e. The molecule has 1 amide bonds. The van der Waals surface area contributed by atoms with Gasteiger partial charge in [0.25, 0.3) is 0 Å². The van der Waals surface area contributed by atoms with Crippen molar-refractivity contribution in [2.45, 2.75) is 52.4 Å². The van der Waals surface area contributed by atoms with Crippen LogP contribution in [0.5, 0.6) is 0 Å². The van der Waals surface area contributed by atoms with Crippen LogP contribution in [0.25, 0.3) is 0 Å². The standard InChI is InChI=1S/C21H32N4O2/c1-3-5-7-11-14-23-21(26)18-16-19(27-15-6-4-2)25(24-20(18)22)17-12-9-8-10-13-17/h8-10,12-13,16,18H,3-7,11,14-15H2,1-2H3,(H2,22,24)(H,23,26). The smallest absolute Gasteiger partial charge is 0.234 e. The number of unbranched alkanes of at least 4 members (excludes halogenated alkanes) is 4. The zero-order valence-corrected chi connectivity index (χ0v) is 16.5. The Bertz CT molecular complexity index is 643. The number of hydrazone groups is 1. The number of nitrogens with two attached hydrogens (primary N) is 1. The van der Waals surface area contributed by atoms with Crippen molar-refractivity contribution in [2.24, 2.45) is 16.8 Å². The van der Waals surface area contributed by atoms with E-state index in [0.717, 1.165) is 31.4 Å². The number of amides is 1. The van der Waals surface area contributed by atoms with Gasteiger partial charge in [-0.15, -0.1) is 0 Å². The Morgan fingerprint density at radius 1 is 1.15 bits per heavy atom. The van der Waals surface area contributed by atoms with Crippen molar-refractivity contribution >= 4 is 17.4 Å². The number of hydrogen-bond donors (Lipinski definition) is 2. The lowest BCUT2D eigenvalue weighted by Crippen LogP contribution is -2.42.